The van der Waals surface area contributed by atoms with Crippen LogP contribution in [-0.2, 0) is 6.42 Å². The summed E-state index contributed by atoms with van der Waals surface area (Å²) in [6, 6.07) is 30.4. The van der Waals surface area contributed by atoms with Crippen molar-refractivity contribution in [1.82, 2.24) is 0 Å². The van der Waals surface area contributed by atoms with Gasteiger partial charge in [-0.25, -0.2) is 0 Å². The number of allylic oxidation sites excluding steroid dienone is 3. The number of nitrogens with zero attached hydrogens (tertiary/aromatic N) is 1. The van der Waals surface area contributed by atoms with Gasteiger partial charge in [-0.3, -0.25) is 0 Å². The van der Waals surface area contributed by atoms with Gasteiger partial charge in [-0.2, -0.15) is 5.26 Å². The summed E-state index contributed by atoms with van der Waals surface area (Å²) in [6.45, 7) is 0. The van der Waals surface area contributed by atoms with Gasteiger partial charge in [0.1, 0.15) is 0 Å². The van der Waals surface area contributed by atoms with E-state index in [2.05, 4.69) is 84.9 Å². The quantitative estimate of drug-likeness (QED) is 0.246. The minimum atomic E-state index is 0.577. The molecule has 1 aromatic heterocycles. The van der Waals surface area contributed by atoms with Crippen LogP contribution in [0.3, 0.4) is 0 Å². The molecule has 2 N–H and O–H groups in total. The maximum Gasteiger partial charge on any atom is 0.0988 e. The van der Waals surface area contributed by atoms with Crippen LogP contribution in [0, 0.1) is 11.3 Å². The highest BCUT2D eigenvalue weighted by molar-refractivity contribution is 7.26. The van der Waals surface area contributed by atoms with Crippen molar-refractivity contribution in [2.45, 2.75) is 6.42 Å². The molecule has 3 heteroatoms. The molecule has 0 amide bonds. The van der Waals surface area contributed by atoms with E-state index in [-0.39, 0.29) is 0 Å². The van der Waals surface area contributed by atoms with Crippen LogP contribution < -0.4 is 5.73 Å². The van der Waals surface area contributed by atoms with Gasteiger partial charge in [0.05, 0.1) is 6.07 Å². The van der Waals surface area contributed by atoms with Crippen molar-refractivity contribution in [3.8, 4) is 17.2 Å². The molecule has 0 saturated heterocycles. The van der Waals surface area contributed by atoms with Gasteiger partial charge in [0, 0.05) is 25.7 Å². The average Bonchev–Trinajstić information content (AvgIpc) is 3.20. The summed E-state index contributed by atoms with van der Waals surface area (Å²) in [7, 11) is 0. The molecule has 148 valence electrons. The number of hydrogen-bond donors (Lipinski definition) is 1. The fraction of sp³-hybridized carbons (Fsp3) is 0.0357. The lowest BCUT2D eigenvalue weighted by Crippen LogP contribution is -1.86. The third-order valence-electron chi connectivity index (χ3n) is 5.61. The molecule has 0 fully saturated rings. The molecule has 5 aromatic rings. The fourth-order valence-electron chi connectivity index (χ4n) is 4.13. The predicted molar refractivity (Wildman–Crippen MR) is 133 cm³/mol. The van der Waals surface area contributed by atoms with E-state index in [9.17, 15) is 0 Å². The molecule has 4 aromatic carbocycles. The Hall–Kier alpha value is -3.87. The molecule has 1 heterocycles. The summed E-state index contributed by atoms with van der Waals surface area (Å²) >= 11 is 1.85. The van der Waals surface area contributed by atoms with Crippen LogP contribution in [0.25, 0.3) is 42.1 Å². The zero-order valence-electron chi connectivity index (χ0n) is 16.9. The first kappa shape index (κ1) is 19.1. The second-order valence-electron chi connectivity index (χ2n) is 7.47. The lowest BCUT2D eigenvalue weighted by Gasteiger charge is -2.10. The van der Waals surface area contributed by atoms with Crippen LogP contribution >= 0.6 is 11.3 Å². The Kier molecular flexibility index (Phi) is 5.00. The van der Waals surface area contributed by atoms with Crippen LogP contribution in [0.5, 0.6) is 0 Å². The lowest BCUT2D eigenvalue weighted by atomic mass is 9.94. The minimum Gasteiger partial charge on any atom is -0.405 e. The summed E-state index contributed by atoms with van der Waals surface area (Å²) in [5, 5.41) is 14.4. The van der Waals surface area contributed by atoms with Gasteiger partial charge < -0.3 is 5.73 Å². The van der Waals surface area contributed by atoms with Crippen molar-refractivity contribution in [2.24, 2.45) is 5.73 Å². The second-order valence-corrected chi connectivity index (χ2v) is 8.56. The normalized spacial score (nSPS) is 12.2. The number of benzene rings is 4. The number of nitriles is 1. The summed E-state index contributed by atoms with van der Waals surface area (Å²) in [5.41, 5.74) is 9.58. The fourth-order valence-corrected chi connectivity index (χ4v) is 5.29. The van der Waals surface area contributed by atoms with Crippen LogP contribution in [0.4, 0.5) is 0 Å². The Bertz CT molecular complexity index is 1510. The van der Waals surface area contributed by atoms with E-state index >= 15 is 0 Å². The van der Waals surface area contributed by atoms with Crippen LogP contribution in [0.1, 0.15) is 5.56 Å². The zero-order chi connectivity index (χ0) is 21.2. The van der Waals surface area contributed by atoms with E-state index in [1.807, 2.05) is 17.4 Å². The second kappa shape index (κ2) is 8.10. The molecule has 31 heavy (non-hydrogen) atoms. The summed E-state index contributed by atoms with van der Waals surface area (Å²) in [5.74, 6) is 0. The lowest BCUT2D eigenvalue weighted by molar-refractivity contribution is 1.25. The van der Waals surface area contributed by atoms with Crippen LogP contribution in [0.15, 0.2) is 103 Å². The number of rotatable bonds is 4. The Balaban J connectivity index is 1.62. The molecule has 0 saturated carbocycles. The largest absolute Gasteiger partial charge is 0.405 e. The van der Waals surface area contributed by atoms with Crippen LogP contribution in [0.2, 0.25) is 0 Å². The van der Waals surface area contributed by atoms with Crippen molar-refractivity contribution in [1.29, 1.82) is 5.26 Å². The molecule has 0 atom stereocenters. The van der Waals surface area contributed by atoms with E-state index in [1.54, 1.807) is 6.08 Å². The molecule has 0 unspecified atom stereocenters. The van der Waals surface area contributed by atoms with Gasteiger partial charge in [-0.1, -0.05) is 72.8 Å². The maximum absolute atomic E-state index is 9.14. The molecular formula is C28H20N2S. The van der Waals surface area contributed by atoms with Crippen molar-refractivity contribution in [2.75, 3.05) is 0 Å². The van der Waals surface area contributed by atoms with Gasteiger partial charge in [0.25, 0.3) is 0 Å². The van der Waals surface area contributed by atoms with Gasteiger partial charge >= 0.3 is 0 Å². The molecule has 0 spiro atoms. The van der Waals surface area contributed by atoms with Gasteiger partial charge in [-0.05, 0) is 58.3 Å². The predicted octanol–water partition coefficient (Wildman–Crippen LogP) is 7.34. The SMILES string of the molecule is N#CC(/C=C\N)=C/Cc1ccc(-c2cc3sc4ccccc4c3c3ccccc23)cc1. The topological polar surface area (TPSA) is 49.8 Å². The first-order valence-corrected chi connectivity index (χ1v) is 11.0. The summed E-state index contributed by atoms with van der Waals surface area (Å²) in [4.78, 5) is 0. The highest BCUT2D eigenvalue weighted by Gasteiger charge is 2.13. The molecule has 2 nitrogen and oxygen atoms in total. The van der Waals surface area contributed by atoms with E-state index in [0.717, 1.165) is 5.56 Å². The molecule has 0 bridgehead atoms. The van der Waals surface area contributed by atoms with Crippen LogP contribution in [-0.4, -0.2) is 0 Å². The average molecular weight is 417 g/mol. The Morgan fingerprint density at radius 1 is 0.871 bits per heavy atom. The maximum atomic E-state index is 9.14. The minimum absolute atomic E-state index is 0.577. The third-order valence-corrected chi connectivity index (χ3v) is 6.73. The van der Waals surface area contributed by atoms with Crippen molar-refractivity contribution in [3.63, 3.8) is 0 Å². The molecule has 0 radical (unpaired) electrons. The molecule has 0 aliphatic carbocycles. The number of fused-ring (bicyclic) bond motifs is 5. The summed E-state index contributed by atoms with van der Waals surface area (Å²) in [6.07, 6.45) is 5.62. The Morgan fingerprint density at radius 2 is 1.58 bits per heavy atom. The summed E-state index contributed by atoms with van der Waals surface area (Å²) < 4.78 is 2.64. The standard InChI is InChI=1S/C28H20N2S/c29-16-15-20(18-30)10-9-19-11-13-21(14-12-19)25-17-27-28(23-6-2-1-5-22(23)25)24-7-3-4-8-26(24)31-27/h1-8,10-17H,9,29H2/b16-15-,20-10+. The number of thiophene rings is 1. The zero-order valence-corrected chi connectivity index (χ0v) is 17.7. The number of nitrogens with two attached hydrogens (primary N) is 1. The monoisotopic (exact) mass is 416 g/mol. The molecular weight excluding hydrogens is 396 g/mol. The van der Waals surface area contributed by atoms with Crippen molar-refractivity contribution >= 4 is 42.3 Å². The van der Waals surface area contributed by atoms with Crippen molar-refractivity contribution in [3.05, 3.63) is 108 Å². The molecule has 0 aliphatic rings. The molecule has 5 rings (SSSR count). The third kappa shape index (κ3) is 3.48. The Morgan fingerprint density at radius 3 is 2.32 bits per heavy atom. The number of hydrogen-bond acceptors (Lipinski definition) is 3. The smallest absolute Gasteiger partial charge is 0.0988 e. The highest BCUT2D eigenvalue weighted by atomic mass is 32.1. The van der Waals surface area contributed by atoms with Gasteiger partial charge in [0.2, 0.25) is 0 Å². The van der Waals surface area contributed by atoms with E-state index in [4.69, 9.17) is 11.0 Å². The van der Waals surface area contributed by atoms with E-state index in [1.165, 1.54) is 48.3 Å². The first-order chi connectivity index (χ1) is 15.3. The first-order valence-electron chi connectivity index (χ1n) is 10.2. The van der Waals surface area contributed by atoms with Crippen molar-refractivity contribution < 1.29 is 0 Å². The molecule has 0 aliphatic heterocycles. The van der Waals surface area contributed by atoms with E-state index < -0.39 is 0 Å². The highest BCUT2D eigenvalue weighted by Crippen LogP contribution is 2.42. The Labute approximate surface area is 185 Å². The van der Waals surface area contributed by atoms with Gasteiger partial charge in [-0.15, -0.1) is 11.3 Å². The van der Waals surface area contributed by atoms with E-state index in [0.29, 0.717) is 12.0 Å². The van der Waals surface area contributed by atoms with Gasteiger partial charge in [0.15, 0.2) is 0 Å².